The highest BCUT2D eigenvalue weighted by Crippen LogP contribution is 2.48. The van der Waals surface area contributed by atoms with Crippen LogP contribution in [0.2, 0.25) is 0 Å². The number of phenols is 1. The number of hydrogen-bond acceptors (Lipinski definition) is 11. The van der Waals surface area contributed by atoms with Crippen molar-refractivity contribution in [2.24, 2.45) is 0 Å². The van der Waals surface area contributed by atoms with Gasteiger partial charge in [-0.05, 0) is 18.2 Å². The van der Waals surface area contributed by atoms with Gasteiger partial charge in [-0.25, -0.2) is 0 Å². The van der Waals surface area contributed by atoms with E-state index >= 15 is 0 Å². The fraction of sp³-hybridized carbons (Fsp3) is 0.478. The average molecular weight is 480 g/mol. The highest BCUT2D eigenvalue weighted by molar-refractivity contribution is 5.57. The molecule has 1 saturated heterocycles. The number of fused-ring (bicyclic) bond motifs is 1. The molecular formula is C23H28O11. The van der Waals surface area contributed by atoms with Crippen LogP contribution < -0.4 is 18.9 Å². The molecule has 6 N–H and O–H groups in total. The van der Waals surface area contributed by atoms with Gasteiger partial charge >= 0.3 is 0 Å². The summed E-state index contributed by atoms with van der Waals surface area (Å²) in [6.07, 6.45) is -8.09. The van der Waals surface area contributed by atoms with Gasteiger partial charge in [0, 0.05) is 17.2 Å². The Morgan fingerprint density at radius 1 is 0.941 bits per heavy atom. The van der Waals surface area contributed by atoms with E-state index in [4.69, 9.17) is 23.7 Å². The van der Waals surface area contributed by atoms with E-state index in [0.29, 0.717) is 22.6 Å². The van der Waals surface area contributed by atoms with Gasteiger partial charge < -0.3 is 54.3 Å². The van der Waals surface area contributed by atoms with Gasteiger partial charge in [-0.3, -0.25) is 0 Å². The fourth-order valence-electron chi connectivity index (χ4n) is 4.23. The summed E-state index contributed by atoms with van der Waals surface area (Å²) in [4.78, 5) is 0. The number of aliphatic hydroxyl groups excluding tert-OH is 5. The quantitative estimate of drug-likeness (QED) is 0.324. The predicted molar refractivity (Wildman–Crippen MR) is 115 cm³/mol. The smallest absolute Gasteiger partial charge is 0.229 e. The summed E-state index contributed by atoms with van der Waals surface area (Å²) >= 11 is 0. The average Bonchev–Trinajstić information content (AvgIpc) is 2.84. The van der Waals surface area contributed by atoms with Gasteiger partial charge in [-0.1, -0.05) is 6.07 Å². The van der Waals surface area contributed by atoms with Crippen molar-refractivity contribution in [1.82, 2.24) is 0 Å². The lowest BCUT2D eigenvalue weighted by Crippen LogP contribution is -2.60. The second-order valence-electron chi connectivity index (χ2n) is 8.12. The Bertz CT molecular complexity index is 1010. The Morgan fingerprint density at radius 3 is 2.35 bits per heavy atom. The first-order chi connectivity index (χ1) is 16.3. The van der Waals surface area contributed by atoms with Crippen LogP contribution in [0.4, 0.5) is 0 Å². The molecule has 0 bridgehead atoms. The number of methoxy groups -OCH3 is 2. The molecule has 0 amide bonds. The van der Waals surface area contributed by atoms with Gasteiger partial charge in [0.25, 0.3) is 0 Å². The zero-order valence-corrected chi connectivity index (χ0v) is 18.6. The zero-order chi connectivity index (χ0) is 24.6. The largest absolute Gasteiger partial charge is 0.504 e. The highest BCUT2D eigenvalue weighted by atomic mass is 16.7. The Labute approximate surface area is 195 Å². The van der Waals surface area contributed by atoms with Crippen molar-refractivity contribution in [3.8, 4) is 28.7 Å². The van der Waals surface area contributed by atoms with E-state index in [1.807, 2.05) is 0 Å². The molecule has 4 rings (SSSR count). The molecule has 0 aromatic heterocycles. The Morgan fingerprint density at radius 2 is 1.68 bits per heavy atom. The van der Waals surface area contributed by atoms with Crippen LogP contribution in [0.15, 0.2) is 30.3 Å². The van der Waals surface area contributed by atoms with Crippen LogP contribution in [0.5, 0.6) is 28.7 Å². The summed E-state index contributed by atoms with van der Waals surface area (Å²) in [6, 6.07) is 7.85. The second-order valence-corrected chi connectivity index (χ2v) is 8.12. The lowest BCUT2D eigenvalue weighted by molar-refractivity contribution is -0.277. The van der Waals surface area contributed by atoms with E-state index in [-0.39, 0.29) is 23.9 Å². The molecule has 2 heterocycles. The summed E-state index contributed by atoms with van der Waals surface area (Å²) in [5, 5.41) is 61.0. The van der Waals surface area contributed by atoms with Gasteiger partial charge in [-0.15, -0.1) is 0 Å². The molecule has 0 unspecified atom stereocenters. The normalized spacial score (nSPS) is 30.7. The molecule has 2 aromatic carbocycles. The highest BCUT2D eigenvalue weighted by Gasteiger charge is 2.45. The lowest BCUT2D eigenvalue weighted by Gasteiger charge is -2.39. The van der Waals surface area contributed by atoms with E-state index in [9.17, 15) is 30.6 Å². The van der Waals surface area contributed by atoms with E-state index < -0.39 is 49.3 Å². The standard InChI is InChI=1S/C23H28O11/c1-30-14-6-5-11(18(26)22(14)31-2)13-9-32-15-7-10(3-4-12(15)17(13)25)33-23-21(29)20(28)19(27)16(8-24)34-23/h3-7,13,16-17,19-21,23-29H,8-9H2,1-2H3/t13-,16+,17-,19+,20-,21+,23+/m1/s1. The molecule has 0 spiro atoms. The lowest BCUT2D eigenvalue weighted by atomic mass is 9.86. The molecule has 1 fully saturated rings. The summed E-state index contributed by atoms with van der Waals surface area (Å²) in [7, 11) is 2.86. The first-order valence-electron chi connectivity index (χ1n) is 10.7. The van der Waals surface area contributed by atoms with Crippen LogP contribution in [0, 0.1) is 0 Å². The first-order valence-corrected chi connectivity index (χ1v) is 10.7. The molecule has 11 nitrogen and oxygen atoms in total. The van der Waals surface area contributed by atoms with Crippen LogP contribution in [0.1, 0.15) is 23.1 Å². The Balaban J connectivity index is 1.54. The van der Waals surface area contributed by atoms with Crippen molar-refractivity contribution in [2.75, 3.05) is 27.4 Å². The van der Waals surface area contributed by atoms with Gasteiger partial charge in [-0.2, -0.15) is 0 Å². The number of hydrogen-bond donors (Lipinski definition) is 6. The number of rotatable bonds is 6. The predicted octanol–water partition coefficient (Wildman–Crippen LogP) is -0.202. The van der Waals surface area contributed by atoms with Crippen molar-refractivity contribution in [3.63, 3.8) is 0 Å². The second kappa shape index (κ2) is 9.82. The molecule has 34 heavy (non-hydrogen) atoms. The summed E-state index contributed by atoms with van der Waals surface area (Å²) in [5.74, 6) is 0.296. The van der Waals surface area contributed by atoms with E-state index in [0.717, 1.165) is 0 Å². The molecule has 186 valence electrons. The maximum atomic E-state index is 11.0. The topological polar surface area (TPSA) is 168 Å². The van der Waals surface area contributed by atoms with Gasteiger partial charge in [0.05, 0.1) is 39.5 Å². The third-order valence-corrected chi connectivity index (χ3v) is 6.15. The van der Waals surface area contributed by atoms with Crippen molar-refractivity contribution < 1.29 is 54.3 Å². The van der Waals surface area contributed by atoms with E-state index in [1.54, 1.807) is 18.2 Å². The van der Waals surface area contributed by atoms with Crippen molar-refractivity contribution in [1.29, 1.82) is 0 Å². The van der Waals surface area contributed by atoms with E-state index in [2.05, 4.69) is 0 Å². The molecule has 2 aliphatic rings. The van der Waals surface area contributed by atoms with Crippen LogP contribution in [-0.2, 0) is 4.74 Å². The Kier molecular flexibility index (Phi) is 7.03. The van der Waals surface area contributed by atoms with Crippen molar-refractivity contribution in [2.45, 2.75) is 42.7 Å². The number of phenolic OH excluding ortho intramolecular Hbond substituents is 1. The maximum absolute atomic E-state index is 11.0. The molecule has 11 heteroatoms. The number of aromatic hydroxyl groups is 1. The molecule has 0 aliphatic carbocycles. The summed E-state index contributed by atoms with van der Waals surface area (Å²) in [5.41, 5.74) is 0.879. The zero-order valence-electron chi connectivity index (χ0n) is 18.6. The molecule has 0 radical (unpaired) electrons. The maximum Gasteiger partial charge on any atom is 0.229 e. The number of aliphatic hydroxyl groups is 5. The van der Waals surface area contributed by atoms with Crippen LogP contribution >= 0.6 is 0 Å². The molecule has 0 saturated carbocycles. The number of benzene rings is 2. The third-order valence-electron chi connectivity index (χ3n) is 6.15. The van der Waals surface area contributed by atoms with Crippen LogP contribution in [0.3, 0.4) is 0 Å². The Hall–Kier alpha value is -2.80. The summed E-state index contributed by atoms with van der Waals surface area (Å²) in [6.45, 7) is -0.532. The van der Waals surface area contributed by atoms with Crippen LogP contribution in [0.25, 0.3) is 0 Å². The minimum Gasteiger partial charge on any atom is -0.504 e. The number of ether oxygens (including phenoxy) is 5. The van der Waals surface area contributed by atoms with Crippen LogP contribution in [-0.4, -0.2) is 88.8 Å². The van der Waals surface area contributed by atoms with Crippen molar-refractivity contribution >= 4 is 0 Å². The van der Waals surface area contributed by atoms with Gasteiger partial charge in [0.2, 0.25) is 12.0 Å². The fourth-order valence-corrected chi connectivity index (χ4v) is 4.23. The first kappa shape index (κ1) is 24.3. The SMILES string of the molecule is COc1ccc([C@H]2COc3cc(O[C@H]4O[C@@H](CO)[C@H](O)[C@@H](O)[C@@H]4O)ccc3[C@H]2O)c(O)c1OC. The molecular weight excluding hydrogens is 452 g/mol. The molecule has 2 aromatic rings. The molecule has 2 aliphatic heterocycles. The minimum absolute atomic E-state index is 0.0424. The van der Waals surface area contributed by atoms with Gasteiger partial charge in [0.1, 0.15) is 35.9 Å². The third kappa shape index (κ3) is 4.22. The van der Waals surface area contributed by atoms with Gasteiger partial charge in [0.15, 0.2) is 11.5 Å². The monoisotopic (exact) mass is 480 g/mol. The van der Waals surface area contributed by atoms with Crippen molar-refractivity contribution in [3.05, 3.63) is 41.5 Å². The summed E-state index contributed by atoms with van der Waals surface area (Å²) < 4.78 is 27.2. The van der Waals surface area contributed by atoms with E-state index in [1.165, 1.54) is 26.4 Å². The minimum atomic E-state index is -1.57. The molecule has 7 atom stereocenters.